The summed E-state index contributed by atoms with van der Waals surface area (Å²) in [4.78, 5) is 15.0. The Hall–Kier alpha value is -3.59. The van der Waals surface area contributed by atoms with E-state index in [1.54, 1.807) is 19.2 Å². The number of hydrogen-bond donors (Lipinski definition) is 1. The Balaban J connectivity index is 1.53. The van der Waals surface area contributed by atoms with Gasteiger partial charge in [0.2, 0.25) is 0 Å². The van der Waals surface area contributed by atoms with E-state index in [-0.39, 0.29) is 10.8 Å². The highest BCUT2D eigenvalue weighted by Gasteiger charge is 2.21. The highest BCUT2D eigenvalue weighted by Crippen LogP contribution is 2.25. The van der Waals surface area contributed by atoms with Gasteiger partial charge >= 0.3 is 0 Å². The maximum atomic E-state index is 13.0. The predicted octanol–water partition coefficient (Wildman–Crippen LogP) is 4.17. The third kappa shape index (κ3) is 4.70. The van der Waals surface area contributed by atoms with Crippen molar-refractivity contribution in [1.29, 1.82) is 0 Å². The number of sulfonamides is 1. The standard InChI is InChI=1S/C25H28N4O4S/c1-17-15-23(18(2)29(17)20-7-5-8-21(16-20)33-4)25(30)26-19-10-12-22(13-11-19)34(31,32)27-24-9-6-14-28(24)3/h5,7-8,10-13,15-16H,6,9,14H2,1-4H3,(H,26,30)/b27-24-. The van der Waals surface area contributed by atoms with Gasteiger partial charge in [-0.05, 0) is 62.7 Å². The molecule has 178 valence electrons. The van der Waals surface area contributed by atoms with Crippen LogP contribution < -0.4 is 10.1 Å². The third-order valence-corrected chi connectivity index (χ3v) is 7.28. The van der Waals surface area contributed by atoms with Crippen molar-refractivity contribution in [2.45, 2.75) is 31.6 Å². The number of amides is 1. The Kier molecular flexibility index (Phi) is 6.47. The van der Waals surface area contributed by atoms with Gasteiger partial charge in [-0.1, -0.05) is 6.07 Å². The molecule has 3 aromatic rings. The number of carbonyl (C=O) groups is 1. The number of carbonyl (C=O) groups excluding carboxylic acids is 1. The first-order valence-corrected chi connectivity index (χ1v) is 12.4. The molecule has 1 amide bonds. The molecule has 1 N–H and O–H groups in total. The van der Waals surface area contributed by atoms with Crippen LogP contribution >= 0.6 is 0 Å². The summed E-state index contributed by atoms with van der Waals surface area (Å²) in [5.74, 6) is 1.03. The Bertz CT molecular complexity index is 1360. The minimum atomic E-state index is -3.80. The smallest absolute Gasteiger partial charge is 0.283 e. The summed E-state index contributed by atoms with van der Waals surface area (Å²) in [7, 11) is -0.346. The van der Waals surface area contributed by atoms with E-state index < -0.39 is 10.0 Å². The molecule has 1 aliphatic rings. The van der Waals surface area contributed by atoms with Crippen molar-refractivity contribution < 1.29 is 17.9 Å². The number of nitrogens with zero attached hydrogens (tertiary/aromatic N) is 3. The maximum Gasteiger partial charge on any atom is 0.283 e. The van der Waals surface area contributed by atoms with Crippen LogP contribution in [0.1, 0.15) is 34.6 Å². The number of ether oxygens (including phenoxy) is 1. The van der Waals surface area contributed by atoms with Crippen LogP contribution in [0.3, 0.4) is 0 Å². The number of aryl methyl sites for hydroxylation is 1. The van der Waals surface area contributed by atoms with Crippen molar-refractivity contribution in [2.24, 2.45) is 4.40 Å². The maximum absolute atomic E-state index is 13.0. The van der Waals surface area contributed by atoms with Gasteiger partial charge in [-0.15, -0.1) is 4.40 Å². The van der Waals surface area contributed by atoms with E-state index in [0.29, 0.717) is 23.5 Å². The van der Waals surface area contributed by atoms with Crippen molar-refractivity contribution in [2.75, 3.05) is 26.0 Å². The van der Waals surface area contributed by atoms with Crippen LogP contribution in [0.4, 0.5) is 5.69 Å². The van der Waals surface area contributed by atoms with Gasteiger partial charge in [0.1, 0.15) is 11.6 Å². The molecule has 0 radical (unpaired) electrons. The topological polar surface area (TPSA) is 93.0 Å². The SMILES string of the molecule is COc1cccc(-n2c(C)cc(C(=O)Nc3ccc(S(=O)(=O)/N=C4/CCCN4C)cc3)c2C)c1. The largest absolute Gasteiger partial charge is 0.497 e. The summed E-state index contributed by atoms with van der Waals surface area (Å²) in [6.45, 7) is 4.63. The number of methoxy groups -OCH3 is 1. The average molecular weight is 481 g/mol. The molecule has 0 spiro atoms. The number of anilines is 1. The highest BCUT2D eigenvalue weighted by molar-refractivity contribution is 7.90. The molecule has 0 saturated carbocycles. The Morgan fingerprint density at radius 2 is 1.82 bits per heavy atom. The molecule has 34 heavy (non-hydrogen) atoms. The average Bonchev–Trinajstić information content (AvgIpc) is 3.35. The minimum Gasteiger partial charge on any atom is -0.497 e. The molecular weight excluding hydrogens is 452 g/mol. The summed E-state index contributed by atoms with van der Waals surface area (Å²) in [6.07, 6.45) is 1.55. The molecule has 2 heterocycles. The molecule has 1 saturated heterocycles. The number of amidine groups is 1. The van der Waals surface area contributed by atoms with E-state index >= 15 is 0 Å². The van der Waals surface area contributed by atoms with Gasteiger partial charge in [-0.25, -0.2) is 0 Å². The molecule has 1 aromatic heterocycles. The van der Waals surface area contributed by atoms with E-state index in [4.69, 9.17) is 4.74 Å². The number of rotatable bonds is 6. The lowest BCUT2D eigenvalue weighted by atomic mass is 10.2. The van der Waals surface area contributed by atoms with Gasteiger partial charge < -0.3 is 19.5 Å². The number of aromatic nitrogens is 1. The monoisotopic (exact) mass is 480 g/mol. The highest BCUT2D eigenvalue weighted by atomic mass is 32.2. The van der Waals surface area contributed by atoms with Gasteiger partial charge in [0.05, 0.1) is 17.6 Å². The molecule has 0 bridgehead atoms. The van der Waals surface area contributed by atoms with Crippen LogP contribution in [-0.4, -0.2) is 50.3 Å². The van der Waals surface area contributed by atoms with Crippen molar-refractivity contribution >= 4 is 27.5 Å². The molecule has 0 aliphatic carbocycles. The Labute approximate surface area is 199 Å². The zero-order valence-electron chi connectivity index (χ0n) is 19.7. The first-order chi connectivity index (χ1) is 16.2. The van der Waals surface area contributed by atoms with Gasteiger partial charge in [0.25, 0.3) is 15.9 Å². The summed E-state index contributed by atoms with van der Waals surface area (Å²) in [5, 5.41) is 2.86. The van der Waals surface area contributed by atoms with Gasteiger partial charge in [-0.3, -0.25) is 4.79 Å². The van der Waals surface area contributed by atoms with E-state index in [9.17, 15) is 13.2 Å². The number of nitrogens with one attached hydrogen (secondary N) is 1. The zero-order valence-corrected chi connectivity index (χ0v) is 20.5. The molecular formula is C25H28N4O4S. The van der Waals surface area contributed by atoms with Gasteiger partial charge in [-0.2, -0.15) is 8.42 Å². The fourth-order valence-electron chi connectivity index (χ4n) is 4.15. The summed E-state index contributed by atoms with van der Waals surface area (Å²) >= 11 is 0. The summed E-state index contributed by atoms with van der Waals surface area (Å²) in [6, 6.07) is 15.5. The van der Waals surface area contributed by atoms with Crippen molar-refractivity contribution in [3.8, 4) is 11.4 Å². The van der Waals surface area contributed by atoms with Crippen LogP contribution in [0.25, 0.3) is 5.69 Å². The van der Waals surface area contributed by atoms with Crippen LogP contribution in [-0.2, 0) is 10.0 Å². The van der Waals surface area contributed by atoms with E-state index in [1.807, 2.05) is 60.7 Å². The van der Waals surface area contributed by atoms with Crippen molar-refractivity contribution in [3.05, 3.63) is 71.5 Å². The van der Waals surface area contributed by atoms with Gasteiger partial charge in [0, 0.05) is 48.8 Å². The molecule has 1 fully saturated rings. The molecule has 2 aromatic carbocycles. The lowest BCUT2D eigenvalue weighted by molar-refractivity contribution is 0.102. The zero-order chi connectivity index (χ0) is 24.5. The van der Waals surface area contributed by atoms with Crippen LogP contribution in [0.5, 0.6) is 5.75 Å². The Morgan fingerprint density at radius 3 is 2.47 bits per heavy atom. The quantitative estimate of drug-likeness (QED) is 0.572. The number of hydrogen-bond acceptors (Lipinski definition) is 4. The van der Waals surface area contributed by atoms with Crippen LogP contribution in [0.15, 0.2) is 63.9 Å². The second kappa shape index (κ2) is 9.34. The first-order valence-electron chi connectivity index (χ1n) is 11.0. The van der Waals surface area contributed by atoms with Crippen molar-refractivity contribution in [3.63, 3.8) is 0 Å². The summed E-state index contributed by atoms with van der Waals surface area (Å²) < 4.78 is 36.6. The normalized spacial score (nSPS) is 15.1. The molecule has 0 atom stereocenters. The number of likely N-dealkylation sites (tertiary alicyclic amines) is 1. The number of benzene rings is 2. The molecule has 9 heteroatoms. The lowest BCUT2D eigenvalue weighted by Crippen LogP contribution is -2.20. The van der Waals surface area contributed by atoms with Gasteiger partial charge in [0.15, 0.2) is 0 Å². The van der Waals surface area contributed by atoms with E-state index in [2.05, 4.69) is 9.71 Å². The fraction of sp³-hybridized carbons (Fsp3) is 0.280. The molecule has 0 unspecified atom stereocenters. The van der Waals surface area contributed by atoms with Crippen molar-refractivity contribution in [1.82, 2.24) is 9.47 Å². The second-order valence-electron chi connectivity index (χ2n) is 8.31. The van der Waals surface area contributed by atoms with Crippen LogP contribution in [0, 0.1) is 13.8 Å². The second-order valence-corrected chi connectivity index (χ2v) is 9.91. The molecule has 8 nitrogen and oxygen atoms in total. The minimum absolute atomic E-state index is 0.0921. The van der Waals surface area contributed by atoms with E-state index in [0.717, 1.165) is 35.8 Å². The lowest BCUT2D eigenvalue weighted by Gasteiger charge is -2.12. The molecule has 4 rings (SSSR count). The third-order valence-electron chi connectivity index (χ3n) is 5.96. The predicted molar refractivity (Wildman–Crippen MR) is 133 cm³/mol. The molecule has 1 aliphatic heterocycles. The summed E-state index contributed by atoms with van der Waals surface area (Å²) in [5.41, 5.74) is 3.64. The van der Waals surface area contributed by atoms with E-state index in [1.165, 1.54) is 12.1 Å². The fourth-order valence-corrected chi connectivity index (χ4v) is 5.24. The van der Waals surface area contributed by atoms with Crippen LogP contribution in [0.2, 0.25) is 0 Å². The Morgan fingerprint density at radius 1 is 1.09 bits per heavy atom. The first kappa shape index (κ1) is 23.6.